The number of rotatable bonds is 6. The van der Waals surface area contributed by atoms with Crippen LogP contribution in [0.3, 0.4) is 0 Å². The third kappa shape index (κ3) is 4.52. The van der Waals surface area contributed by atoms with Crippen molar-refractivity contribution in [3.63, 3.8) is 0 Å². The summed E-state index contributed by atoms with van der Waals surface area (Å²) in [6.45, 7) is 4.16. The Bertz CT molecular complexity index is 906. The third-order valence-corrected chi connectivity index (χ3v) is 4.96. The molecule has 0 bridgehead atoms. The van der Waals surface area contributed by atoms with Gasteiger partial charge in [0.05, 0.1) is 5.56 Å². The van der Waals surface area contributed by atoms with Gasteiger partial charge in [0.15, 0.2) is 0 Å². The summed E-state index contributed by atoms with van der Waals surface area (Å²) >= 11 is 1.45. The van der Waals surface area contributed by atoms with E-state index in [1.807, 2.05) is 19.9 Å². The zero-order valence-corrected chi connectivity index (χ0v) is 15.4. The smallest absolute Gasteiger partial charge is 0.254 e. The molecular weight excluding hydrogens is 351 g/mol. The zero-order valence-electron chi connectivity index (χ0n) is 14.6. The minimum absolute atomic E-state index is 0.182. The molecule has 0 unspecified atom stereocenters. The van der Waals surface area contributed by atoms with Crippen molar-refractivity contribution in [1.82, 2.24) is 10.3 Å². The van der Waals surface area contributed by atoms with Gasteiger partial charge in [-0.25, -0.2) is 9.37 Å². The van der Waals surface area contributed by atoms with Gasteiger partial charge in [0.1, 0.15) is 22.4 Å². The monoisotopic (exact) mass is 370 g/mol. The molecule has 0 saturated carbocycles. The molecule has 4 nitrogen and oxygen atoms in total. The number of nitrogens with zero attached hydrogens (tertiary/aromatic N) is 1. The number of pyridine rings is 1. The molecule has 2 aromatic heterocycles. The van der Waals surface area contributed by atoms with E-state index >= 15 is 0 Å². The molecule has 3 aromatic rings. The van der Waals surface area contributed by atoms with Crippen molar-refractivity contribution >= 4 is 17.7 Å². The van der Waals surface area contributed by atoms with E-state index in [2.05, 4.69) is 10.3 Å². The molecule has 1 amide bonds. The molecule has 0 aliphatic heterocycles. The summed E-state index contributed by atoms with van der Waals surface area (Å²) in [5.41, 5.74) is 2.45. The lowest BCUT2D eigenvalue weighted by Crippen LogP contribution is -2.23. The van der Waals surface area contributed by atoms with Gasteiger partial charge in [0.2, 0.25) is 0 Å². The highest BCUT2D eigenvalue weighted by Gasteiger charge is 2.14. The SMILES string of the molecule is Cc1cc(CNC(=O)c2cccnc2SCc2ccc(F)cc2)c(C)o1. The fraction of sp³-hybridized carbons (Fsp3) is 0.200. The molecule has 134 valence electrons. The number of furan rings is 1. The van der Waals surface area contributed by atoms with E-state index < -0.39 is 0 Å². The van der Waals surface area contributed by atoms with Crippen LogP contribution >= 0.6 is 11.8 Å². The summed E-state index contributed by atoms with van der Waals surface area (Å²) in [4.78, 5) is 16.9. The van der Waals surface area contributed by atoms with Gasteiger partial charge in [-0.2, -0.15) is 0 Å². The number of nitrogens with one attached hydrogen (secondary N) is 1. The summed E-state index contributed by atoms with van der Waals surface area (Å²) in [5.74, 6) is 1.79. The van der Waals surface area contributed by atoms with Crippen LogP contribution in [-0.2, 0) is 12.3 Å². The van der Waals surface area contributed by atoms with Crippen molar-refractivity contribution in [3.05, 3.63) is 82.7 Å². The maximum absolute atomic E-state index is 13.0. The number of carbonyl (C=O) groups is 1. The molecule has 26 heavy (non-hydrogen) atoms. The second-order valence-corrected chi connectivity index (χ2v) is 6.86. The van der Waals surface area contributed by atoms with Crippen molar-refractivity contribution in [2.75, 3.05) is 0 Å². The molecule has 2 heterocycles. The van der Waals surface area contributed by atoms with E-state index in [4.69, 9.17) is 4.42 Å². The maximum atomic E-state index is 13.0. The Morgan fingerprint density at radius 2 is 2.00 bits per heavy atom. The van der Waals surface area contributed by atoms with Gasteiger partial charge >= 0.3 is 0 Å². The van der Waals surface area contributed by atoms with Crippen molar-refractivity contribution in [1.29, 1.82) is 0 Å². The van der Waals surface area contributed by atoms with E-state index in [1.54, 1.807) is 30.5 Å². The Hall–Kier alpha value is -2.60. The Balaban J connectivity index is 1.66. The molecule has 0 fully saturated rings. The highest BCUT2D eigenvalue weighted by Crippen LogP contribution is 2.24. The van der Waals surface area contributed by atoms with Crippen molar-refractivity contribution in [3.8, 4) is 0 Å². The van der Waals surface area contributed by atoms with Crippen LogP contribution in [0.2, 0.25) is 0 Å². The predicted octanol–water partition coefficient (Wildman–Crippen LogP) is 4.65. The number of hydrogen-bond donors (Lipinski definition) is 1. The van der Waals surface area contributed by atoms with Crippen LogP contribution in [0.5, 0.6) is 0 Å². The molecule has 1 N–H and O–H groups in total. The fourth-order valence-electron chi connectivity index (χ4n) is 2.54. The van der Waals surface area contributed by atoms with E-state index in [-0.39, 0.29) is 11.7 Å². The Morgan fingerprint density at radius 3 is 2.69 bits per heavy atom. The Labute approximate surface area is 155 Å². The molecular formula is C20H19FN2O2S. The normalized spacial score (nSPS) is 10.7. The molecule has 0 aliphatic rings. The molecule has 1 aromatic carbocycles. The molecule has 6 heteroatoms. The Morgan fingerprint density at radius 1 is 1.23 bits per heavy atom. The minimum atomic E-state index is -0.263. The van der Waals surface area contributed by atoms with E-state index in [0.717, 1.165) is 22.6 Å². The number of carbonyl (C=O) groups excluding carboxylic acids is 1. The number of amides is 1. The van der Waals surface area contributed by atoms with Gasteiger partial charge in [0.25, 0.3) is 5.91 Å². The first kappa shape index (κ1) is 18.2. The van der Waals surface area contributed by atoms with Gasteiger partial charge in [-0.05, 0) is 49.7 Å². The maximum Gasteiger partial charge on any atom is 0.254 e. The average molecular weight is 370 g/mol. The van der Waals surface area contributed by atoms with Gasteiger partial charge in [-0.1, -0.05) is 12.1 Å². The quantitative estimate of drug-likeness (QED) is 0.642. The van der Waals surface area contributed by atoms with Crippen LogP contribution in [0, 0.1) is 19.7 Å². The van der Waals surface area contributed by atoms with Crippen molar-refractivity contribution in [2.45, 2.75) is 31.2 Å². The van der Waals surface area contributed by atoms with Gasteiger partial charge in [-0.15, -0.1) is 11.8 Å². The van der Waals surface area contributed by atoms with Crippen molar-refractivity contribution < 1.29 is 13.6 Å². The van der Waals surface area contributed by atoms with Gasteiger partial charge in [0, 0.05) is 24.1 Å². The second kappa shape index (κ2) is 8.19. The second-order valence-electron chi connectivity index (χ2n) is 5.89. The highest BCUT2D eigenvalue weighted by atomic mass is 32.2. The molecule has 0 radical (unpaired) electrons. The van der Waals surface area contributed by atoms with Crippen LogP contribution in [0.4, 0.5) is 4.39 Å². The van der Waals surface area contributed by atoms with Crippen LogP contribution < -0.4 is 5.32 Å². The first-order chi connectivity index (χ1) is 12.5. The Kier molecular flexibility index (Phi) is 5.73. The number of aryl methyl sites for hydroxylation is 2. The number of benzene rings is 1. The molecule has 0 saturated heterocycles. The largest absolute Gasteiger partial charge is 0.466 e. The standard InChI is InChI=1S/C20H19FN2O2S/c1-13-10-16(14(2)25-13)11-23-19(24)18-4-3-9-22-20(18)26-12-15-5-7-17(21)8-6-15/h3-10H,11-12H2,1-2H3,(H,23,24). The van der Waals surface area contributed by atoms with E-state index in [9.17, 15) is 9.18 Å². The number of halogens is 1. The first-order valence-corrected chi connectivity index (χ1v) is 9.18. The predicted molar refractivity (Wildman–Crippen MR) is 99.6 cm³/mol. The van der Waals surface area contributed by atoms with Crippen LogP contribution in [0.25, 0.3) is 0 Å². The van der Waals surface area contributed by atoms with Crippen LogP contribution in [-0.4, -0.2) is 10.9 Å². The summed E-state index contributed by atoms with van der Waals surface area (Å²) in [5, 5.41) is 3.56. The summed E-state index contributed by atoms with van der Waals surface area (Å²) in [6, 6.07) is 11.7. The molecule has 0 atom stereocenters. The molecule has 0 spiro atoms. The minimum Gasteiger partial charge on any atom is -0.466 e. The summed E-state index contributed by atoms with van der Waals surface area (Å²) < 4.78 is 18.5. The fourth-order valence-corrected chi connectivity index (χ4v) is 3.49. The van der Waals surface area contributed by atoms with E-state index in [0.29, 0.717) is 22.9 Å². The van der Waals surface area contributed by atoms with Crippen molar-refractivity contribution in [2.24, 2.45) is 0 Å². The topological polar surface area (TPSA) is 55.1 Å². The zero-order chi connectivity index (χ0) is 18.5. The highest BCUT2D eigenvalue weighted by molar-refractivity contribution is 7.98. The van der Waals surface area contributed by atoms with Crippen LogP contribution in [0.15, 0.2) is 58.1 Å². The first-order valence-electron chi connectivity index (χ1n) is 8.19. The average Bonchev–Trinajstić information content (AvgIpc) is 2.97. The lowest BCUT2D eigenvalue weighted by atomic mass is 10.2. The number of aromatic nitrogens is 1. The summed E-state index contributed by atoms with van der Waals surface area (Å²) in [6.07, 6.45) is 1.66. The summed E-state index contributed by atoms with van der Waals surface area (Å²) in [7, 11) is 0. The molecule has 0 aliphatic carbocycles. The number of hydrogen-bond acceptors (Lipinski definition) is 4. The van der Waals surface area contributed by atoms with Gasteiger partial charge < -0.3 is 9.73 Å². The van der Waals surface area contributed by atoms with Gasteiger partial charge in [-0.3, -0.25) is 4.79 Å². The third-order valence-electron chi connectivity index (χ3n) is 3.89. The van der Waals surface area contributed by atoms with Crippen LogP contribution in [0.1, 0.15) is 33.0 Å². The lowest BCUT2D eigenvalue weighted by Gasteiger charge is -2.09. The van der Waals surface area contributed by atoms with E-state index in [1.165, 1.54) is 23.9 Å². The molecule has 3 rings (SSSR count). The lowest BCUT2D eigenvalue weighted by molar-refractivity contribution is 0.0947. The number of thioether (sulfide) groups is 1.